The maximum Gasteiger partial charge on any atom is 0.344 e. The highest BCUT2D eigenvalue weighted by Gasteiger charge is 2.33. The predicted octanol–water partition coefficient (Wildman–Crippen LogP) is 4.65. The SMILES string of the molecule is CCC(Oc1ccc(/C=C2/SC(=S)N(c3ccc(C)cc3)C2=O)cc1OC)C(=O)O. The summed E-state index contributed by atoms with van der Waals surface area (Å²) in [4.78, 5) is 26.2. The molecule has 1 fully saturated rings. The van der Waals surface area contributed by atoms with Crippen LogP contribution in [-0.4, -0.2) is 34.5 Å². The highest BCUT2D eigenvalue weighted by molar-refractivity contribution is 8.27. The molecule has 1 aliphatic heterocycles. The summed E-state index contributed by atoms with van der Waals surface area (Å²) in [6.45, 7) is 3.71. The summed E-state index contributed by atoms with van der Waals surface area (Å²) in [5.41, 5.74) is 2.54. The van der Waals surface area contributed by atoms with Gasteiger partial charge in [0.1, 0.15) is 0 Å². The number of rotatable bonds is 7. The van der Waals surface area contributed by atoms with E-state index in [4.69, 9.17) is 21.7 Å². The Morgan fingerprint density at radius 3 is 2.53 bits per heavy atom. The fourth-order valence-electron chi connectivity index (χ4n) is 2.87. The number of methoxy groups -OCH3 is 1. The lowest BCUT2D eigenvalue weighted by Gasteiger charge is -2.16. The molecule has 2 aromatic carbocycles. The zero-order valence-electron chi connectivity index (χ0n) is 16.7. The van der Waals surface area contributed by atoms with Crippen molar-refractivity contribution in [3.05, 3.63) is 58.5 Å². The third kappa shape index (κ3) is 4.66. The Hall–Kier alpha value is -2.84. The fraction of sp³-hybridized carbons (Fsp3) is 0.227. The van der Waals surface area contributed by atoms with Crippen molar-refractivity contribution in [2.45, 2.75) is 26.4 Å². The number of aryl methyl sites for hydroxylation is 1. The average Bonchev–Trinajstić information content (AvgIpc) is 3.00. The Morgan fingerprint density at radius 1 is 1.23 bits per heavy atom. The van der Waals surface area contributed by atoms with E-state index in [1.54, 1.807) is 31.2 Å². The van der Waals surface area contributed by atoms with Gasteiger partial charge in [-0.05, 0) is 49.2 Å². The number of ether oxygens (including phenoxy) is 2. The van der Waals surface area contributed by atoms with Gasteiger partial charge in [-0.3, -0.25) is 9.69 Å². The van der Waals surface area contributed by atoms with Gasteiger partial charge in [0.15, 0.2) is 21.9 Å². The number of carbonyl (C=O) groups is 2. The van der Waals surface area contributed by atoms with Gasteiger partial charge in [0.05, 0.1) is 17.7 Å². The molecule has 2 aromatic rings. The van der Waals surface area contributed by atoms with Crippen LogP contribution in [-0.2, 0) is 9.59 Å². The molecule has 0 aliphatic carbocycles. The largest absolute Gasteiger partial charge is 0.493 e. The molecule has 0 radical (unpaired) electrons. The quantitative estimate of drug-likeness (QED) is 0.493. The summed E-state index contributed by atoms with van der Waals surface area (Å²) in [6.07, 6.45) is 1.09. The second-order valence-electron chi connectivity index (χ2n) is 6.62. The van der Waals surface area contributed by atoms with E-state index in [0.717, 1.165) is 11.3 Å². The van der Waals surface area contributed by atoms with Gasteiger partial charge in [0, 0.05) is 0 Å². The fourth-order valence-corrected chi connectivity index (χ4v) is 4.17. The number of carboxylic acids is 1. The minimum absolute atomic E-state index is 0.190. The van der Waals surface area contributed by atoms with Gasteiger partial charge in [0.25, 0.3) is 5.91 Å². The van der Waals surface area contributed by atoms with Crippen molar-refractivity contribution in [1.29, 1.82) is 0 Å². The van der Waals surface area contributed by atoms with Gasteiger partial charge >= 0.3 is 5.97 Å². The van der Waals surface area contributed by atoms with Crippen LogP contribution in [0.2, 0.25) is 0 Å². The highest BCUT2D eigenvalue weighted by Crippen LogP contribution is 2.37. The first kappa shape index (κ1) is 21.9. The standard InChI is InChI=1S/C22H21NO5S2/c1-4-16(21(25)26)28-17-10-7-14(11-18(17)27-3)12-19-20(24)23(22(29)30-19)15-8-5-13(2)6-9-15/h5-12,16H,4H2,1-3H3,(H,25,26)/b19-12+. The molecule has 1 unspecified atom stereocenters. The van der Waals surface area contributed by atoms with E-state index in [2.05, 4.69) is 0 Å². The lowest BCUT2D eigenvalue weighted by Crippen LogP contribution is -2.27. The van der Waals surface area contributed by atoms with Crippen molar-refractivity contribution in [2.75, 3.05) is 12.0 Å². The molecule has 1 amide bonds. The number of hydrogen-bond donors (Lipinski definition) is 1. The number of thioether (sulfide) groups is 1. The molecule has 1 atom stereocenters. The molecular formula is C22H21NO5S2. The van der Waals surface area contributed by atoms with Crippen molar-refractivity contribution < 1.29 is 24.2 Å². The van der Waals surface area contributed by atoms with E-state index in [1.807, 2.05) is 31.2 Å². The second-order valence-corrected chi connectivity index (χ2v) is 8.29. The Labute approximate surface area is 184 Å². The summed E-state index contributed by atoms with van der Waals surface area (Å²) in [5.74, 6) is -0.512. The molecule has 8 heteroatoms. The molecule has 1 saturated heterocycles. The van der Waals surface area contributed by atoms with Gasteiger partial charge in [-0.15, -0.1) is 0 Å². The maximum absolute atomic E-state index is 12.9. The summed E-state index contributed by atoms with van der Waals surface area (Å²) in [5, 5.41) is 9.20. The number of amides is 1. The van der Waals surface area contributed by atoms with Crippen molar-refractivity contribution in [3.63, 3.8) is 0 Å². The Bertz CT molecular complexity index is 1020. The number of benzene rings is 2. The molecule has 0 aromatic heterocycles. The molecule has 6 nitrogen and oxygen atoms in total. The zero-order valence-corrected chi connectivity index (χ0v) is 18.4. The predicted molar refractivity (Wildman–Crippen MR) is 122 cm³/mol. The van der Waals surface area contributed by atoms with Crippen LogP contribution in [0.25, 0.3) is 6.08 Å². The molecule has 0 spiro atoms. The van der Waals surface area contributed by atoms with Crippen LogP contribution in [0.15, 0.2) is 47.4 Å². The molecule has 1 heterocycles. The topological polar surface area (TPSA) is 76.1 Å². The number of carboxylic acid groups (broad SMARTS) is 1. The maximum atomic E-state index is 12.9. The van der Waals surface area contributed by atoms with Crippen LogP contribution in [0.5, 0.6) is 11.5 Å². The van der Waals surface area contributed by atoms with E-state index in [1.165, 1.54) is 23.8 Å². The molecule has 1 N–H and O–H groups in total. The lowest BCUT2D eigenvalue weighted by atomic mass is 10.1. The Balaban J connectivity index is 1.86. The summed E-state index contributed by atoms with van der Waals surface area (Å²) >= 11 is 6.64. The van der Waals surface area contributed by atoms with Crippen LogP contribution in [0.1, 0.15) is 24.5 Å². The number of aliphatic carboxylic acids is 1. The number of thiocarbonyl (C=S) groups is 1. The second kappa shape index (κ2) is 9.32. The van der Waals surface area contributed by atoms with Crippen molar-refractivity contribution >= 4 is 51.9 Å². The van der Waals surface area contributed by atoms with E-state index in [9.17, 15) is 14.7 Å². The smallest absolute Gasteiger partial charge is 0.344 e. The first-order valence-corrected chi connectivity index (χ1v) is 10.5. The molecule has 1 aliphatic rings. The summed E-state index contributed by atoms with van der Waals surface area (Å²) < 4.78 is 11.4. The summed E-state index contributed by atoms with van der Waals surface area (Å²) in [7, 11) is 1.48. The first-order chi connectivity index (χ1) is 14.3. The summed E-state index contributed by atoms with van der Waals surface area (Å²) in [6, 6.07) is 12.7. The highest BCUT2D eigenvalue weighted by atomic mass is 32.2. The zero-order chi connectivity index (χ0) is 21.8. The van der Waals surface area contributed by atoms with Crippen LogP contribution in [0.4, 0.5) is 5.69 Å². The van der Waals surface area contributed by atoms with E-state index in [0.29, 0.717) is 32.7 Å². The van der Waals surface area contributed by atoms with E-state index < -0.39 is 12.1 Å². The first-order valence-electron chi connectivity index (χ1n) is 9.26. The normalized spacial score (nSPS) is 16.1. The van der Waals surface area contributed by atoms with Gasteiger partial charge in [0.2, 0.25) is 0 Å². The third-order valence-electron chi connectivity index (χ3n) is 4.49. The van der Waals surface area contributed by atoms with Gasteiger partial charge in [-0.2, -0.15) is 0 Å². The van der Waals surface area contributed by atoms with Gasteiger partial charge in [-0.25, -0.2) is 4.79 Å². The van der Waals surface area contributed by atoms with Crippen LogP contribution in [0.3, 0.4) is 0 Å². The average molecular weight is 444 g/mol. The van der Waals surface area contributed by atoms with Crippen LogP contribution in [0, 0.1) is 6.92 Å². The van der Waals surface area contributed by atoms with Crippen molar-refractivity contribution in [3.8, 4) is 11.5 Å². The minimum atomic E-state index is -1.04. The van der Waals surface area contributed by atoms with Crippen molar-refractivity contribution in [1.82, 2.24) is 0 Å². The Morgan fingerprint density at radius 2 is 1.93 bits per heavy atom. The van der Waals surface area contributed by atoms with Gasteiger partial charge in [-0.1, -0.05) is 54.7 Å². The Kier molecular flexibility index (Phi) is 6.79. The molecule has 0 saturated carbocycles. The third-order valence-corrected chi connectivity index (χ3v) is 5.79. The molecule has 156 valence electrons. The molecule has 30 heavy (non-hydrogen) atoms. The van der Waals surface area contributed by atoms with Crippen LogP contribution < -0.4 is 14.4 Å². The number of nitrogens with zero attached hydrogens (tertiary/aromatic N) is 1. The minimum Gasteiger partial charge on any atom is -0.493 e. The monoisotopic (exact) mass is 443 g/mol. The molecular weight excluding hydrogens is 422 g/mol. The molecule has 0 bridgehead atoms. The van der Waals surface area contributed by atoms with Gasteiger partial charge < -0.3 is 14.6 Å². The van der Waals surface area contributed by atoms with Crippen molar-refractivity contribution in [2.24, 2.45) is 0 Å². The van der Waals surface area contributed by atoms with E-state index >= 15 is 0 Å². The molecule has 3 rings (SSSR count). The number of anilines is 1. The van der Waals surface area contributed by atoms with E-state index in [-0.39, 0.29) is 5.91 Å². The number of hydrogen-bond acceptors (Lipinski definition) is 6. The van der Waals surface area contributed by atoms with Crippen LogP contribution >= 0.6 is 24.0 Å². The lowest BCUT2D eigenvalue weighted by molar-refractivity contribution is -0.145. The number of carbonyl (C=O) groups excluding carboxylic acids is 1.